The molecule has 0 aliphatic carbocycles. The third-order valence-electron chi connectivity index (χ3n) is 3.47. The number of likely N-dealkylation sites (tertiary alicyclic amines) is 1. The molecule has 0 aromatic heterocycles. The van der Waals surface area contributed by atoms with Crippen molar-refractivity contribution in [2.75, 3.05) is 32.8 Å². The van der Waals surface area contributed by atoms with Crippen LogP contribution < -0.4 is 4.74 Å². The van der Waals surface area contributed by atoms with Gasteiger partial charge in [0.05, 0.1) is 4.47 Å². The minimum Gasteiger partial charge on any atom is -0.491 e. The second kappa shape index (κ2) is 7.48. The highest BCUT2D eigenvalue weighted by Crippen LogP contribution is 2.28. The summed E-state index contributed by atoms with van der Waals surface area (Å²) in [4.78, 5) is 2.39. The van der Waals surface area contributed by atoms with Gasteiger partial charge in [0.2, 0.25) is 0 Å². The number of aliphatic hydroxyl groups excluding tert-OH is 1. The number of hydrogen-bond acceptors (Lipinski definition) is 3. The van der Waals surface area contributed by atoms with Crippen molar-refractivity contribution in [2.24, 2.45) is 5.92 Å². The van der Waals surface area contributed by atoms with E-state index >= 15 is 0 Å². The van der Waals surface area contributed by atoms with Crippen LogP contribution in [0.5, 0.6) is 5.75 Å². The van der Waals surface area contributed by atoms with Gasteiger partial charge in [-0.2, -0.15) is 0 Å². The van der Waals surface area contributed by atoms with Crippen LogP contribution in [0.2, 0.25) is 5.02 Å². The van der Waals surface area contributed by atoms with E-state index in [2.05, 4.69) is 20.8 Å². The van der Waals surface area contributed by atoms with Crippen molar-refractivity contribution < 1.29 is 9.84 Å². The first-order chi connectivity index (χ1) is 9.19. The second-order valence-electron chi connectivity index (χ2n) is 4.89. The lowest BCUT2D eigenvalue weighted by Crippen LogP contribution is -2.26. The molecule has 1 saturated heterocycles. The maximum absolute atomic E-state index is 8.93. The summed E-state index contributed by atoms with van der Waals surface area (Å²) >= 11 is 9.33. The smallest absolute Gasteiger partial charge is 0.133 e. The number of benzene rings is 1. The molecule has 3 nitrogen and oxygen atoms in total. The van der Waals surface area contributed by atoms with Crippen LogP contribution in [-0.2, 0) is 0 Å². The lowest BCUT2D eigenvalue weighted by molar-refractivity contribution is 0.222. The van der Waals surface area contributed by atoms with E-state index < -0.39 is 0 Å². The fraction of sp³-hybridized carbons (Fsp3) is 0.571. The summed E-state index contributed by atoms with van der Waals surface area (Å²) in [6.07, 6.45) is 2.10. The van der Waals surface area contributed by atoms with Gasteiger partial charge in [-0.15, -0.1) is 0 Å². The fourth-order valence-electron chi connectivity index (χ4n) is 2.41. The standard InChI is InChI=1S/C14H19BrClNO2/c15-13-9-12(16)1-2-14(13)19-8-6-17-5-3-11(10-17)4-7-18/h1-2,9,11,18H,3-8,10H2. The molecule has 1 aromatic rings. The van der Waals surface area contributed by atoms with E-state index in [0.717, 1.165) is 36.3 Å². The molecular weight excluding hydrogens is 330 g/mol. The van der Waals surface area contributed by atoms with Crippen LogP contribution in [0.1, 0.15) is 12.8 Å². The van der Waals surface area contributed by atoms with Crippen LogP contribution >= 0.6 is 27.5 Å². The van der Waals surface area contributed by atoms with Gasteiger partial charge in [0, 0.05) is 24.7 Å². The average molecular weight is 349 g/mol. The molecule has 0 radical (unpaired) electrons. The minimum atomic E-state index is 0.298. The van der Waals surface area contributed by atoms with Gasteiger partial charge in [0.25, 0.3) is 0 Å². The number of halogens is 2. The highest BCUT2D eigenvalue weighted by molar-refractivity contribution is 9.10. The molecule has 1 heterocycles. The molecule has 0 saturated carbocycles. The minimum absolute atomic E-state index is 0.298. The second-order valence-corrected chi connectivity index (χ2v) is 6.18. The van der Waals surface area contributed by atoms with Crippen molar-refractivity contribution in [3.05, 3.63) is 27.7 Å². The van der Waals surface area contributed by atoms with Gasteiger partial charge >= 0.3 is 0 Å². The quantitative estimate of drug-likeness (QED) is 0.857. The Balaban J connectivity index is 1.72. The predicted molar refractivity (Wildman–Crippen MR) is 80.9 cm³/mol. The SMILES string of the molecule is OCCC1CCN(CCOc2ccc(Cl)cc2Br)C1. The zero-order chi connectivity index (χ0) is 13.7. The average Bonchev–Trinajstić information content (AvgIpc) is 2.80. The van der Waals surface area contributed by atoms with Gasteiger partial charge < -0.3 is 9.84 Å². The van der Waals surface area contributed by atoms with E-state index in [4.69, 9.17) is 21.4 Å². The number of aliphatic hydroxyl groups is 1. The Kier molecular flexibility index (Phi) is 5.95. The van der Waals surface area contributed by atoms with E-state index in [-0.39, 0.29) is 0 Å². The van der Waals surface area contributed by atoms with E-state index in [0.29, 0.717) is 24.2 Å². The lowest BCUT2D eigenvalue weighted by atomic mass is 10.1. The van der Waals surface area contributed by atoms with Crippen LogP contribution in [0.4, 0.5) is 0 Å². The molecule has 1 fully saturated rings. The van der Waals surface area contributed by atoms with Crippen LogP contribution in [-0.4, -0.2) is 42.9 Å². The molecule has 0 spiro atoms. The molecule has 1 aliphatic heterocycles. The molecule has 19 heavy (non-hydrogen) atoms. The predicted octanol–water partition coefficient (Wildman–Crippen LogP) is 3.19. The largest absolute Gasteiger partial charge is 0.491 e. The molecule has 5 heteroatoms. The Labute approximate surface area is 127 Å². The molecule has 106 valence electrons. The van der Waals surface area contributed by atoms with Gasteiger partial charge in [0.1, 0.15) is 12.4 Å². The third-order valence-corrected chi connectivity index (χ3v) is 4.32. The monoisotopic (exact) mass is 347 g/mol. The van der Waals surface area contributed by atoms with Crippen LogP contribution in [0, 0.1) is 5.92 Å². The first kappa shape index (κ1) is 15.1. The number of rotatable bonds is 6. The van der Waals surface area contributed by atoms with Crippen LogP contribution in [0.15, 0.2) is 22.7 Å². The van der Waals surface area contributed by atoms with Crippen molar-refractivity contribution in [1.82, 2.24) is 4.90 Å². The van der Waals surface area contributed by atoms with Crippen LogP contribution in [0.3, 0.4) is 0 Å². The molecule has 0 amide bonds. The fourth-order valence-corrected chi connectivity index (χ4v) is 3.21. The van der Waals surface area contributed by atoms with Gasteiger partial charge in [0.15, 0.2) is 0 Å². The number of ether oxygens (including phenoxy) is 1. The molecular formula is C14H19BrClNO2. The number of hydrogen-bond donors (Lipinski definition) is 1. The first-order valence-corrected chi connectivity index (χ1v) is 7.77. The van der Waals surface area contributed by atoms with Gasteiger partial charge in [-0.3, -0.25) is 4.90 Å². The normalized spacial score (nSPS) is 19.8. The van der Waals surface area contributed by atoms with Crippen molar-refractivity contribution >= 4 is 27.5 Å². The molecule has 0 bridgehead atoms. The highest BCUT2D eigenvalue weighted by Gasteiger charge is 2.21. The molecule has 1 aromatic carbocycles. The third kappa shape index (κ3) is 4.63. The summed E-state index contributed by atoms with van der Waals surface area (Å²) in [6.45, 7) is 4.08. The summed E-state index contributed by atoms with van der Waals surface area (Å²) < 4.78 is 6.64. The lowest BCUT2D eigenvalue weighted by Gasteiger charge is -2.16. The van der Waals surface area contributed by atoms with E-state index in [1.165, 1.54) is 6.42 Å². The summed E-state index contributed by atoms with van der Waals surface area (Å²) in [6, 6.07) is 5.55. The summed E-state index contributed by atoms with van der Waals surface area (Å²) in [5, 5.41) is 9.63. The summed E-state index contributed by atoms with van der Waals surface area (Å²) in [7, 11) is 0. The van der Waals surface area contributed by atoms with E-state index in [1.807, 2.05) is 18.2 Å². The van der Waals surface area contributed by atoms with E-state index in [9.17, 15) is 0 Å². The maximum Gasteiger partial charge on any atom is 0.133 e. The first-order valence-electron chi connectivity index (χ1n) is 6.60. The van der Waals surface area contributed by atoms with E-state index in [1.54, 1.807) is 0 Å². The Morgan fingerprint density at radius 2 is 2.32 bits per heavy atom. The summed E-state index contributed by atoms with van der Waals surface area (Å²) in [5.41, 5.74) is 0. The van der Waals surface area contributed by atoms with Gasteiger partial charge in [-0.1, -0.05) is 11.6 Å². The zero-order valence-corrected chi connectivity index (χ0v) is 13.2. The van der Waals surface area contributed by atoms with Crippen molar-refractivity contribution in [1.29, 1.82) is 0 Å². The topological polar surface area (TPSA) is 32.7 Å². The van der Waals surface area contributed by atoms with Crippen molar-refractivity contribution in [2.45, 2.75) is 12.8 Å². The van der Waals surface area contributed by atoms with Gasteiger partial charge in [-0.25, -0.2) is 0 Å². The molecule has 1 aliphatic rings. The van der Waals surface area contributed by atoms with Crippen molar-refractivity contribution in [3.63, 3.8) is 0 Å². The highest BCUT2D eigenvalue weighted by atomic mass is 79.9. The molecule has 1 atom stereocenters. The molecule has 1 N–H and O–H groups in total. The molecule has 2 rings (SSSR count). The Bertz CT molecular complexity index is 416. The molecule has 1 unspecified atom stereocenters. The maximum atomic E-state index is 8.93. The summed E-state index contributed by atoms with van der Waals surface area (Å²) in [5.74, 6) is 1.47. The Hall–Kier alpha value is -0.290. The van der Waals surface area contributed by atoms with Crippen LogP contribution in [0.25, 0.3) is 0 Å². The Morgan fingerprint density at radius 3 is 3.05 bits per heavy atom. The van der Waals surface area contributed by atoms with Crippen molar-refractivity contribution in [3.8, 4) is 5.75 Å². The zero-order valence-electron chi connectivity index (χ0n) is 10.8. The Morgan fingerprint density at radius 1 is 1.47 bits per heavy atom. The van der Waals surface area contributed by atoms with Gasteiger partial charge in [-0.05, 0) is 59.4 Å². The number of nitrogens with zero attached hydrogens (tertiary/aromatic N) is 1.